The summed E-state index contributed by atoms with van der Waals surface area (Å²) in [5.74, 6) is -0.469. The average Bonchev–Trinajstić information content (AvgIpc) is 2.57. The Morgan fingerprint density at radius 3 is 2.62 bits per heavy atom. The van der Waals surface area contributed by atoms with Gasteiger partial charge in [0.25, 0.3) is 0 Å². The number of carbonyl (C=O) groups excluding carboxylic acids is 1. The van der Waals surface area contributed by atoms with Gasteiger partial charge in [0.1, 0.15) is 5.82 Å². The molecule has 2 aromatic carbocycles. The van der Waals surface area contributed by atoms with Crippen LogP contribution in [0.2, 0.25) is 0 Å². The number of aliphatic hydroxyl groups excluding tert-OH is 1. The van der Waals surface area contributed by atoms with Crippen LogP contribution in [0.4, 0.5) is 14.9 Å². The predicted molar refractivity (Wildman–Crippen MR) is 93.3 cm³/mol. The van der Waals surface area contributed by atoms with E-state index in [2.05, 4.69) is 5.32 Å². The first kappa shape index (κ1) is 17.9. The van der Waals surface area contributed by atoms with E-state index in [0.29, 0.717) is 13.0 Å². The zero-order chi connectivity index (χ0) is 17.5. The van der Waals surface area contributed by atoms with Crippen molar-refractivity contribution >= 4 is 11.7 Å². The van der Waals surface area contributed by atoms with Gasteiger partial charge in [-0.15, -0.1) is 0 Å². The molecule has 24 heavy (non-hydrogen) atoms. The van der Waals surface area contributed by atoms with Crippen LogP contribution in [0.15, 0.2) is 48.5 Å². The molecule has 0 heterocycles. The SMILES string of the molecule is Cc1ccc(F)c(NC(=O)N(Cc2ccccc2)C(C)CCO)c1. The van der Waals surface area contributed by atoms with Crippen LogP contribution in [0.25, 0.3) is 0 Å². The van der Waals surface area contributed by atoms with Gasteiger partial charge in [-0.1, -0.05) is 36.4 Å². The number of urea groups is 1. The second-order valence-corrected chi connectivity index (χ2v) is 5.89. The van der Waals surface area contributed by atoms with Crippen LogP contribution in [-0.4, -0.2) is 28.7 Å². The van der Waals surface area contributed by atoms with Crippen molar-refractivity contribution in [1.82, 2.24) is 4.90 Å². The fraction of sp³-hybridized carbons (Fsp3) is 0.316. The maximum absolute atomic E-state index is 13.9. The maximum Gasteiger partial charge on any atom is 0.322 e. The monoisotopic (exact) mass is 330 g/mol. The van der Waals surface area contributed by atoms with Crippen molar-refractivity contribution in [3.8, 4) is 0 Å². The van der Waals surface area contributed by atoms with Crippen molar-refractivity contribution in [1.29, 1.82) is 0 Å². The number of aliphatic hydroxyl groups is 1. The Hall–Kier alpha value is -2.40. The highest BCUT2D eigenvalue weighted by molar-refractivity contribution is 5.89. The lowest BCUT2D eigenvalue weighted by Crippen LogP contribution is -2.41. The van der Waals surface area contributed by atoms with Crippen molar-refractivity contribution in [2.45, 2.75) is 32.9 Å². The van der Waals surface area contributed by atoms with Gasteiger partial charge in [-0.25, -0.2) is 9.18 Å². The molecule has 4 nitrogen and oxygen atoms in total. The third-order valence-electron chi connectivity index (χ3n) is 3.90. The summed E-state index contributed by atoms with van der Waals surface area (Å²) >= 11 is 0. The first-order valence-electron chi connectivity index (χ1n) is 8.00. The van der Waals surface area contributed by atoms with Crippen LogP contribution >= 0.6 is 0 Å². The molecule has 2 aromatic rings. The molecular weight excluding hydrogens is 307 g/mol. The minimum absolute atomic E-state index is 0.0153. The summed E-state index contributed by atoms with van der Waals surface area (Å²) in [5.41, 5.74) is 2.00. The largest absolute Gasteiger partial charge is 0.396 e. The maximum atomic E-state index is 13.9. The molecule has 0 saturated heterocycles. The quantitative estimate of drug-likeness (QED) is 0.843. The number of carbonyl (C=O) groups is 1. The Labute approximate surface area is 141 Å². The van der Waals surface area contributed by atoms with Crippen molar-refractivity contribution in [2.75, 3.05) is 11.9 Å². The number of nitrogens with one attached hydrogen (secondary N) is 1. The molecule has 0 fully saturated rings. The number of benzene rings is 2. The molecule has 0 spiro atoms. The first-order chi connectivity index (χ1) is 11.5. The Bertz CT molecular complexity index is 676. The smallest absolute Gasteiger partial charge is 0.322 e. The number of aryl methyl sites for hydroxylation is 1. The third kappa shape index (κ3) is 4.80. The molecule has 0 aliphatic heterocycles. The van der Waals surface area contributed by atoms with Crippen LogP contribution in [0.3, 0.4) is 0 Å². The number of hydrogen-bond acceptors (Lipinski definition) is 2. The van der Waals surface area contributed by atoms with Crippen LogP contribution in [0.1, 0.15) is 24.5 Å². The second kappa shape index (κ2) is 8.45. The van der Waals surface area contributed by atoms with Gasteiger partial charge in [0.15, 0.2) is 0 Å². The Morgan fingerprint density at radius 1 is 1.25 bits per heavy atom. The van der Waals surface area contributed by atoms with Crippen molar-refractivity contribution in [3.05, 3.63) is 65.5 Å². The Balaban J connectivity index is 2.18. The van der Waals surface area contributed by atoms with E-state index in [1.165, 1.54) is 6.07 Å². The fourth-order valence-electron chi connectivity index (χ4n) is 2.47. The van der Waals surface area contributed by atoms with Crippen LogP contribution in [-0.2, 0) is 6.54 Å². The van der Waals surface area contributed by atoms with E-state index in [9.17, 15) is 14.3 Å². The van der Waals surface area contributed by atoms with Gasteiger partial charge in [-0.05, 0) is 43.5 Å². The predicted octanol–water partition coefficient (Wildman–Crippen LogP) is 3.94. The van der Waals surface area contributed by atoms with Crippen molar-refractivity contribution < 1.29 is 14.3 Å². The number of anilines is 1. The summed E-state index contributed by atoms with van der Waals surface area (Å²) in [5, 5.41) is 11.8. The third-order valence-corrected chi connectivity index (χ3v) is 3.90. The van der Waals surface area contributed by atoms with E-state index in [0.717, 1.165) is 11.1 Å². The second-order valence-electron chi connectivity index (χ2n) is 5.89. The topological polar surface area (TPSA) is 52.6 Å². The minimum Gasteiger partial charge on any atom is -0.396 e. The van der Waals surface area contributed by atoms with E-state index in [-0.39, 0.29) is 24.4 Å². The zero-order valence-electron chi connectivity index (χ0n) is 14.0. The molecule has 128 valence electrons. The van der Waals surface area contributed by atoms with Crippen LogP contribution in [0, 0.1) is 12.7 Å². The van der Waals surface area contributed by atoms with Gasteiger partial charge in [-0.3, -0.25) is 0 Å². The molecule has 2 amide bonds. The Kier molecular flexibility index (Phi) is 6.32. The average molecular weight is 330 g/mol. The fourth-order valence-corrected chi connectivity index (χ4v) is 2.47. The molecule has 2 rings (SSSR count). The summed E-state index contributed by atoms with van der Waals surface area (Å²) < 4.78 is 13.9. The molecule has 0 radical (unpaired) electrons. The van der Waals surface area contributed by atoms with Gasteiger partial charge in [0.2, 0.25) is 0 Å². The lowest BCUT2D eigenvalue weighted by Gasteiger charge is -2.29. The molecule has 2 N–H and O–H groups in total. The highest BCUT2D eigenvalue weighted by atomic mass is 19.1. The summed E-state index contributed by atoms with van der Waals surface area (Å²) in [6, 6.07) is 13.6. The van der Waals surface area contributed by atoms with Crippen molar-refractivity contribution in [2.24, 2.45) is 0 Å². The molecule has 0 aliphatic rings. The summed E-state index contributed by atoms with van der Waals surface area (Å²) in [6.45, 7) is 4.08. The molecular formula is C19H23FN2O2. The summed E-state index contributed by atoms with van der Waals surface area (Å²) in [7, 11) is 0. The molecule has 1 atom stereocenters. The van der Waals surface area contributed by atoms with E-state index in [4.69, 9.17) is 0 Å². The zero-order valence-corrected chi connectivity index (χ0v) is 14.0. The summed E-state index contributed by atoms with van der Waals surface area (Å²) in [6.07, 6.45) is 0.455. The van der Waals surface area contributed by atoms with E-state index in [1.54, 1.807) is 17.0 Å². The molecule has 0 saturated carbocycles. The number of hydrogen-bond donors (Lipinski definition) is 2. The van der Waals surface area contributed by atoms with Crippen molar-refractivity contribution in [3.63, 3.8) is 0 Å². The lowest BCUT2D eigenvalue weighted by atomic mass is 10.1. The van der Waals surface area contributed by atoms with E-state index < -0.39 is 5.82 Å². The van der Waals surface area contributed by atoms with Crippen LogP contribution < -0.4 is 5.32 Å². The first-order valence-corrected chi connectivity index (χ1v) is 8.00. The van der Waals surface area contributed by atoms with Gasteiger partial charge < -0.3 is 15.3 Å². The van der Waals surface area contributed by atoms with E-state index in [1.807, 2.05) is 44.2 Å². The summed E-state index contributed by atoms with van der Waals surface area (Å²) in [4.78, 5) is 14.3. The van der Waals surface area contributed by atoms with Gasteiger partial charge in [0, 0.05) is 19.2 Å². The standard InChI is InChI=1S/C19H23FN2O2/c1-14-8-9-17(20)18(12-14)21-19(24)22(15(2)10-11-23)13-16-6-4-3-5-7-16/h3-9,12,15,23H,10-11,13H2,1-2H3,(H,21,24). The highest BCUT2D eigenvalue weighted by Crippen LogP contribution is 2.18. The molecule has 0 aliphatic carbocycles. The molecule has 0 bridgehead atoms. The van der Waals surface area contributed by atoms with Crippen LogP contribution in [0.5, 0.6) is 0 Å². The van der Waals surface area contributed by atoms with Gasteiger partial charge in [0.05, 0.1) is 5.69 Å². The van der Waals surface area contributed by atoms with Gasteiger partial charge in [-0.2, -0.15) is 0 Å². The highest BCUT2D eigenvalue weighted by Gasteiger charge is 2.21. The number of rotatable bonds is 6. The number of nitrogens with zero attached hydrogens (tertiary/aromatic N) is 1. The minimum atomic E-state index is -0.469. The number of amides is 2. The molecule has 5 heteroatoms. The van der Waals surface area contributed by atoms with Gasteiger partial charge >= 0.3 is 6.03 Å². The Morgan fingerprint density at radius 2 is 1.96 bits per heavy atom. The lowest BCUT2D eigenvalue weighted by molar-refractivity contribution is 0.169. The molecule has 1 unspecified atom stereocenters. The number of halogens is 1. The normalized spacial score (nSPS) is 11.8. The van der Waals surface area contributed by atoms with E-state index >= 15 is 0 Å². The molecule has 0 aromatic heterocycles.